The fourth-order valence-corrected chi connectivity index (χ4v) is 6.37. The van der Waals surface area contributed by atoms with Gasteiger partial charge in [0.25, 0.3) is 0 Å². The number of hydrogen-bond donors (Lipinski definition) is 0. The highest BCUT2D eigenvalue weighted by molar-refractivity contribution is 6.10. The van der Waals surface area contributed by atoms with E-state index in [1.54, 1.807) is 6.21 Å². The van der Waals surface area contributed by atoms with Gasteiger partial charge in [-0.05, 0) is 48.4 Å². The van der Waals surface area contributed by atoms with Crippen molar-refractivity contribution >= 4 is 12.0 Å². The summed E-state index contributed by atoms with van der Waals surface area (Å²) in [5.74, 6) is 2.96. The smallest absolute Gasteiger partial charge is 0.227 e. The minimum absolute atomic E-state index is 0.0575. The zero-order valence-corrected chi connectivity index (χ0v) is 27.5. The molecule has 4 aromatic carbocycles. The van der Waals surface area contributed by atoms with Gasteiger partial charge in [0.2, 0.25) is 11.8 Å². The molecule has 49 heavy (non-hydrogen) atoms. The maximum Gasteiger partial charge on any atom is 0.227 e. The molecule has 0 amide bonds. The van der Waals surface area contributed by atoms with Crippen molar-refractivity contribution in [2.75, 3.05) is 6.61 Å². The quantitative estimate of drug-likeness (QED) is 0.116. The van der Waals surface area contributed by atoms with Crippen LogP contribution in [-0.2, 0) is 24.8 Å². The molecule has 2 unspecified atom stereocenters. The predicted molar refractivity (Wildman–Crippen MR) is 188 cm³/mol. The molecule has 0 spiro atoms. The number of carbonyl (C=O) groups is 1. The molecule has 1 aliphatic heterocycles. The number of ether oxygens (including phenoxy) is 1. The van der Waals surface area contributed by atoms with Crippen LogP contribution in [0.25, 0.3) is 11.5 Å². The Balaban J connectivity index is 1.17. The predicted octanol–water partition coefficient (Wildman–Crippen LogP) is 8.31. The summed E-state index contributed by atoms with van der Waals surface area (Å²) in [5.41, 5.74) is 3.95. The van der Waals surface area contributed by atoms with Crippen LogP contribution in [0.2, 0.25) is 0 Å². The Labute approximate surface area is 285 Å². The van der Waals surface area contributed by atoms with Crippen molar-refractivity contribution in [3.05, 3.63) is 167 Å². The monoisotopic (exact) mass is 648 g/mol. The summed E-state index contributed by atoms with van der Waals surface area (Å²) in [7, 11) is 0. The number of ketones is 1. The number of aryl methyl sites for hydroxylation is 2. The van der Waals surface area contributed by atoms with Gasteiger partial charge in [0.1, 0.15) is 17.0 Å². The van der Waals surface area contributed by atoms with Crippen LogP contribution in [0.5, 0.6) is 5.75 Å². The number of aromatic nitrogens is 3. The van der Waals surface area contributed by atoms with Crippen LogP contribution >= 0.6 is 0 Å². The molecule has 0 aliphatic carbocycles. The fourth-order valence-electron chi connectivity index (χ4n) is 6.37. The van der Waals surface area contributed by atoms with Crippen LogP contribution < -0.4 is 4.74 Å². The van der Waals surface area contributed by atoms with Gasteiger partial charge < -0.3 is 13.7 Å². The fraction of sp³-hybridized carbons (Fsp3) is 0.195. The summed E-state index contributed by atoms with van der Waals surface area (Å²) in [6.07, 6.45) is 7.50. The lowest BCUT2D eigenvalue weighted by Crippen LogP contribution is -2.32. The Morgan fingerprint density at radius 1 is 0.878 bits per heavy atom. The van der Waals surface area contributed by atoms with E-state index < -0.39 is 5.54 Å². The first-order chi connectivity index (χ1) is 24.0. The first kappa shape index (κ1) is 31.7. The molecule has 0 radical (unpaired) electrons. The van der Waals surface area contributed by atoms with E-state index in [-0.39, 0.29) is 11.7 Å². The van der Waals surface area contributed by atoms with Gasteiger partial charge in [0.15, 0.2) is 11.6 Å². The lowest BCUT2D eigenvalue weighted by molar-refractivity contribution is 0.103. The third-order valence-electron chi connectivity index (χ3n) is 8.90. The molecule has 3 heterocycles. The number of rotatable bonds is 13. The largest absolute Gasteiger partial charge is 0.493 e. The van der Waals surface area contributed by atoms with Crippen LogP contribution in [0.1, 0.15) is 63.1 Å². The highest BCUT2D eigenvalue weighted by Gasteiger charge is 2.43. The number of benzene rings is 4. The molecule has 8 nitrogen and oxygen atoms in total. The van der Waals surface area contributed by atoms with Gasteiger partial charge in [0.05, 0.1) is 12.3 Å². The van der Waals surface area contributed by atoms with Crippen molar-refractivity contribution in [1.82, 2.24) is 15.1 Å². The molecular formula is C41H36N4O4. The molecule has 2 atom stereocenters. The summed E-state index contributed by atoms with van der Waals surface area (Å²) in [6, 6.07) is 35.0. The molecule has 2 aromatic heterocycles. The van der Waals surface area contributed by atoms with E-state index in [1.165, 1.54) is 0 Å². The van der Waals surface area contributed by atoms with Crippen molar-refractivity contribution in [2.24, 2.45) is 4.99 Å². The van der Waals surface area contributed by atoms with Gasteiger partial charge in [-0.3, -0.25) is 9.79 Å². The standard InChI is InChI=1S/C41H36N4O4/c1-3-37-44-38(49-45-37)27-35(41(24-12-25-42-41)34-18-11-10-17-33(34)39(46)30-13-6-4-7-14-30)29-19-21-32(22-20-29)47-26-23-36-28(2)48-40(43-36)31-15-8-5-9-16-31/h4-22,24-25,35H,3,23,26-27H2,1-2H3. The van der Waals surface area contributed by atoms with E-state index in [0.29, 0.717) is 54.6 Å². The average Bonchev–Trinajstić information content (AvgIpc) is 3.92. The topological polar surface area (TPSA) is 104 Å². The normalized spacial score (nSPS) is 15.8. The molecule has 0 saturated carbocycles. The van der Waals surface area contributed by atoms with Gasteiger partial charge in [-0.2, -0.15) is 4.98 Å². The van der Waals surface area contributed by atoms with Crippen LogP contribution in [0.15, 0.2) is 135 Å². The van der Waals surface area contributed by atoms with Gasteiger partial charge in [-0.25, -0.2) is 4.98 Å². The first-order valence-electron chi connectivity index (χ1n) is 16.5. The van der Waals surface area contributed by atoms with E-state index in [0.717, 1.165) is 33.9 Å². The van der Waals surface area contributed by atoms with Gasteiger partial charge >= 0.3 is 0 Å². The molecule has 0 bridgehead atoms. The van der Waals surface area contributed by atoms with Crippen LogP contribution in [0, 0.1) is 6.92 Å². The second-order valence-electron chi connectivity index (χ2n) is 12.0. The summed E-state index contributed by atoms with van der Waals surface area (Å²) in [4.78, 5) is 28.4. The van der Waals surface area contributed by atoms with Crippen molar-refractivity contribution in [3.8, 4) is 17.2 Å². The summed E-state index contributed by atoms with van der Waals surface area (Å²) in [5, 5.41) is 4.16. The molecule has 0 N–H and O–H groups in total. The minimum Gasteiger partial charge on any atom is -0.493 e. The maximum atomic E-state index is 13.9. The number of hydrogen-bond acceptors (Lipinski definition) is 8. The molecule has 0 saturated heterocycles. The van der Waals surface area contributed by atoms with Crippen LogP contribution in [0.3, 0.4) is 0 Å². The summed E-state index contributed by atoms with van der Waals surface area (Å²) in [6.45, 7) is 4.37. The third kappa shape index (κ3) is 6.63. The second kappa shape index (κ2) is 14.1. The number of aliphatic imine (C=N–C) groups is 1. The maximum absolute atomic E-state index is 13.9. The molecular weight excluding hydrogens is 612 g/mol. The Morgan fingerprint density at radius 2 is 1.61 bits per heavy atom. The zero-order valence-electron chi connectivity index (χ0n) is 27.5. The van der Waals surface area contributed by atoms with Crippen LogP contribution in [0.4, 0.5) is 0 Å². The second-order valence-corrected chi connectivity index (χ2v) is 12.0. The Hall–Kier alpha value is -5.89. The molecule has 6 aromatic rings. The number of nitrogens with zero attached hydrogens (tertiary/aromatic N) is 4. The molecule has 8 heteroatoms. The average molecular weight is 649 g/mol. The molecule has 244 valence electrons. The Kier molecular flexibility index (Phi) is 9.10. The van der Waals surface area contributed by atoms with Crippen molar-refractivity contribution in [1.29, 1.82) is 0 Å². The first-order valence-corrected chi connectivity index (χ1v) is 16.5. The van der Waals surface area contributed by atoms with Crippen LogP contribution in [-0.4, -0.2) is 33.7 Å². The molecule has 1 aliphatic rings. The van der Waals surface area contributed by atoms with E-state index >= 15 is 0 Å². The van der Waals surface area contributed by atoms with Crippen molar-refractivity contribution in [2.45, 2.75) is 44.6 Å². The number of oxazole rings is 1. The van der Waals surface area contributed by atoms with Gasteiger partial charge in [-0.1, -0.05) is 103 Å². The highest BCUT2D eigenvalue weighted by Crippen LogP contribution is 2.47. The Morgan fingerprint density at radius 3 is 2.33 bits per heavy atom. The van der Waals surface area contributed by atoms with E-state index in [1.807, 2.05) is 117 Å². The minimum atomic E-state index is -0.898. The van der Waals surface area contributed by atoms with Crippen molar-refractivity contribution in [3.63, 3.8) is 0 Å². The SMILES string of the molecule is CCc1noc(CC(c2ccc(OCCc3nc(-c4ccccc4)oc3C)cc2)C2(c3ccccc3C(=O)c3ccccc3)C=CC=N2)n1. The van der Waals surface area contributed by atoms with E-state index in [2.05, 4.69) is 28.3 Å². The Bertz CT molecular complexity index is 2080. The van der Waals surface area contributed by atoms with Crippen molar-refractivity contribution < 1.29 is 18.5 Å². The van der Waals surface area contributed by atoms with E-state index in [4.69, 9.17) is 23.7 Å². The van der Waals surface area contributed by atoms with E-state index in [9.17, 15) is 4.79 Å². The summed E-state index contributed by atoms with van der Waals surface area (Å²) >= 11 is 0. The third-order valence-corrected chi connectivity index (χ3v) is 8.90. The molecule has 7 rings (SSSR count). The lowest BCUT2D eigenvalue weighted by Gasteiger charge is -2.35. The molecule has 0 fully saturated rings. The highest BCUT2D eigenvalue weighted by atomic mass is 16.5. The lowest BCUT2D eigenvalue weighted by atomic mass is 9.71. The number of allylic oxidation sites excluding steroid dienone is 1. The number of carbonyl (C=O) groups excluding carboxylic acids is 1. The van der Waals surface area contributed by atoms with Gasteiger partial charge in [-0.15, -0.1) is 0 Å². The zero-order chi connectivity index (χ0) is 33.6. The van der Waals surface area contributed by atoms with Gasteiger partial charge in [0, 0.05) is 48.1 Å². The summed E-state index contributed by atoms with van der Waals surface area (Å²) < 4.78 is 17.8.